The van der Waals surface area contributed by atoms with E-state index in [2.05, 4.69) is 5.32 Å². The average molecular weight is 268 g/mol. The van der Waals surface area contributed by atoms with Crippen LogP contribution in [0.2, 0.25) is 0 Å². The minimum absolute atomic E-state index is 0.0859. The third-order valence-corrected chi connectivity index (χ3v) is 4.74. The fraction of sp³-hybridized carbons (Fsp3) is 0.857. The number of likely N-dealkylation sites (tertiary alicyclic amines) is 1. The number of carbonyl (C=O) groups excluding carboxylic acids is 1. The highest BCUT2D eigenvalue weighted by atomic mass is 16.4. The number of nitrogens with zero attached hydrogens (tertiary/aromatic N) is 1. The predicted octanol–water partition coefficient (Wildman–Crippen LogP) is 2.07. The lowest BCUT2D eigenvalue weighted by atomic mass is 9.92. The number of amides is 2. The van der Waals surface area contributed by atoms with Crippen LogP contribution < -0.4 is 5.32 Å². The van der Waals surface area contributed by atoms with Gasteiger partial charge < -0.3 is 15.3 Å². The number of piperidine rings is 1. The van der Waals surface area contributed by atoms with E-state index in [1.54, 1.807) is 13.8 Å². The van der Waals surface area contributed by atoms with Gasteiger partial charge in [-0.3, -0.25) is 4.79 Å². The van der Waals surface area contributed by atoms with Crippen molar-refractivity contribution in [1.82, 2.24) is 10.2 Å². The highest BCUT2D eigenvalue weighted by molar-refractivity contribution is 5.77. The van der Waals surface area contributed by atoms with E-state index < -0.39 is 11.9 Å². The summed E-state index contributed by atoms with van der Waals surface area (Å²) in [6, 6.07) is -0.0509. The number of hydrogen-bond acceptors (Lipinski definition) is 2. The van der Waals surface area contributed by atoms with Crippen LogP contribution in [0.5, 0.6) is 0 Å². The first-order valence-corrected chi connectivity index (χ1v) is 7.30. The molecule has 5 nitrogen and oxygen atoms in total. The lowest BCUT2D eigenvalue weighted by molar-refractivity contribution is -0.141. The van der Waals surface area contributed by atoms with Crippen molar-refractivity contribution >= 4 is 12.0 Å². The molecule has 0 aromatic rings. The number of nitrogens with one attached hydrogen (secondary N) is 1. The molecule has 2 amide bonds. The zero-order valence-electron chi connectivity index (χ0n) is 11.8. The fourth-order valence-electron chi connectivity index (χ4n) is 3.32. The van der Waals surface area contributed by atoms with Crippen LogP contribution >= 0.6 is 0 Å². The Hall–Kier alpha value is -1.26. The highest BCUT2D eigenvalue weighted by Gasteiger charge is 2.37. The summed E-state index contributed by atoms with van der Waals surface area (Å²) in [5, 5.41) is 11.8. The third-order valence-electron chi connectivity index (χ3n) is 4.74. The molecular weight excluding hydrogens is 244 g/mol. The van der Waals surface area contributed by atoms with Crippen molar-refractivity contribution in [3.05, 3.63) is 0 Å². The van der Waals surface area contributed by atoms with Gasteiger partial charge in [0.2, 0.25) is 0 Å². The van der Waals surface area contributed by atoms with Gasteiger partial charge >= 0.3 is 12.0 Å². The van der Waals surface area contributed by atoms with Crippen LogP contribution in [0, 0.1) is 11.8 Å². The number of carboxylic acid groups (broad SMARTS) is 1. The Morgan fingerprint density at radius 3 is 2.58 bits per heavy atom. The molecule has 2 N–H and O–H groups in total. The molecule has 1 heterocycles. The van der Waals surface area contributed by atoms with Crippen LogP contribution in [0.1, 0.15) is 46.0 Å². The van der Waals surface area contributed by atoms with E-state index >= 15 is 0 Å². The Kier molecular flexibility index (Phi) is 4.32. The molecule has 4 atom stereocenters. The molecule has 108 valence electrons. The third kappa shape index (κ3) is 3.01. The molecule has 0 aromatic carbocycles. The van der Waals surface area contributed by atoms with Crippen LogP contribution in [0.25, 0.3) is 0 Å². The largest absolute Gasteiger partial charge is 0.481 e. The zero-order valence-corrected chi connectivity index (χ0v) is 11.8. The van der Waals surface area contributed by atoms with E-state index in [0.29, 0.717) is 12.0 Å². The van der Waals surface area contributed by atoms with Crippen LogP contribution in [-0.2, 0) is 4.79 Å². The summed E-state index contributed by atoms with van der Waals surface area (Å²) in [5.74, 6) is -0.773. The first kappa shape index (κ1) is 14.2. The normalized spacial score (nSPS) is 29.5. The molecule has 1 saturated heterocycles. The predicted molar refractivity (Wildman–Crippen MR) is 71.9 cm³/mol. The van der Waals surface area contributed by atoms with Gasteiger partial charge in [0, 0.05) is 18.6 Å². The monoisotopic (exact) mass is 268 g/mol. The Morgan fingerprint density at radius 1 is 1.21 bits per heavy atom. The first-order chi connectivity index (χ1) is 9.00. The van der Waals surface area contributed by atoms with Crippen LogP contribution in [-0.4, -0.2) is 40.6 Å². The van der Waals surface area contributed by atoms with Gasteiger partial charge in [0.05, 0.1) is 5.92 Å². The second kappa shape index (κ2) is 5.80. The molecule has 1 saturated carbocycles. The van der Waals surface area contributed by atoms with Crippen molar-refractivity contribution in [2.24, 2.45) is 11.8 Å². The maximum Gasteiger partial charge on any atom is 0.317 e. The highest BCUT2D eigenvalue weighted by Crippen LogP contribution is 2.36. The molecule has 0 aromatic heterocycles. The molecule has 2 aliphatic rings. The topological polar surface area (TPSA) is 69.6 Å². The van der Waals surface area contributed by atoms with Crippen molar-refractivity contribution in [3.63, 3.8) is 0 Å². The van der Waals surface area contributed by atoms with Gasteiger partial charge in [0.15, 0.2) is 0 Å². The number of urea groups is 1. The van der Waals surface area contributed by atoms with Crippen molar-refractivity contribution in [2.75, 3.05) is 6.54 Å². The molecule has 2 fully saturated rings. The van der Waals surface area contributed by atoms with E-state index in [4.69, 9.17) is 5.11 Å². The molecular formula is C14H24N2O3. The number of rotatable bonds is 3. The second-order valence-electron chi connectivity index (χ2n) is 5.96. The van der Waals surface area contributed by atoms with Crippen LogP contribution in [0.4, 0.5) is 4.79 Å². The van der Waals surface area contributed by atoms with Crippen molar-refractivity contribution < 1.29 is 14.7 Å². The second-order valence-corrected chi connectivity index (χ2v) is 5.96. The number of fused-ring (bicyclic) bond motifs is 1. The van der Waals surface area contributed by atoms with E-state index in [0.717, 1.165) is 19.4 Å². The molecule has 0 bridgehead atoms. The van der Waals surface area contributed by atoms with Gasteiger partial charge in [0.25, 0.3) is 0 Å². The summed E-state index contributed by atoms with van der Waals surface area (Å²) in [6.07, 6.45) is 5.84. The molecule has 0 spiro atoms. The smallest absolute Gasteiger partial charge is 0.317 e. The number of carboxylic acids is 1. The molecule has 5 heteroatoms. The summed E-state index contributed by atoms with van der Waals surface area (Å²) in [7, 11) is 0. The molecule has 1 aliphatic carbocycles. The molecule has 1 aliphatic heterocycles. The average Bonchev–Trinajstić information content (AvgIpc) is 2.85. The van der Waals surface area contributed by atoms with Crippen molar-refractivity contribution in [1.29, 1.82) is 0 Å². The van der Waals surface area contributed by atoms with E-state index in [9.17, 15) is 9.59 Å². The van der Waals surface area contributed by atoms with Crippen LogP contribution in [0.15, 0.2) is 0 Å². The van der Waals surface area contributed by atoms with Gasteiger partial charge in [-0.1, -0.05) is 6.42 Å². The molecule has 4 unspecified atom stereocenters. The quantitative estimate of drug-likeness (QED) is 0.823. The standard InChI is InChI=1S/C14H24N2O3/c1-9(13(17)18)10(2)15-14(19)16-8-4-6-11-5-3-7-12(11)16/h9-12H,3-8H2,1-2H3,(H,15,19)(H,17,18). The molecule has 2 rings (SSSR count). The zero-order chi connectivity index (χ0) is 14.0. The van der Waals surface area contributed by atoms with Gasteiger partial charge in [-0.25, -0.2) is 4.79 Å². The van der Waals surface area contributed by atoms with Gasteiger partial charge in [-0.05, 0) is 45.4 Å². The van der Waals surface area contributed by atoms with Gasteiger partial charge in [0.1, 0.15) is 0 Å². The van der Waals surface area contributed by atoms with Crippen LogP contribution in [0.3, 0.4) is 0 Å². The maximum atomic E-state index is 12.3. The Labute approximate surface area is 114 Å². The van der Waals surface area contributed by atoms with E-state index in [-0.39, 0.29) is 12.1 Å². The SMILES string of the molecule is CC(NC(=O)N1CCCC2CCCC21)C(C)C(=O)O. The molecule has 19 heavy (non-hydrogen) atoms. The fourth-order valence-corrected chi connectivity index (χ4v) is 3.32. The van der Waals surface area contributed by atoms with Crippen molar-refractivity contribution in [2.45, 2.75) is 58.0 Å². The summed E-state index contributed by atoms with van der Waals surface area (Å²) in [5.41, 5.74) is 0. The maximum absolute atomic E-state index is 12.3. The van der Waals surface area contributed by atoms with E-state index in [1.807, 2.05) is 4.90 Å². The number of carbonyl (C=O) groups is 2. The number of hydrogen-bond donors (Lipinski definition) is 2. The minimum atomic E-state index is -0.870. The Morgan fingerprint density at radius 2 is 1.89 bits per heavy atom. The summed E-state index contributed by atoms with van der Waals surface area (Å²) in [4.78, 5) is 25.2. The first-order valence-electron chi connectivity index (χ1n) is 7.30. The Balaban J connectivity index is 1.93. The lowest BCUT2D eigenvalue weighted by Gasteiger charge is -2.38. The van der Waals surface area contributed by atoms with Gasteiger partial charge in [-0.15, -0.1) is 0 Å². The molecule has 0 radical (unpaired) electrons. The summed E-state index contributed by atoms with van der Waals surface area (Å²) >= 11 is 0. The number of aliphatic carboxylic acids is 1. The lowest BCUT2D eigenvalue weighted by Crippen LogP contribution is -2.53. The summed E-state index contributed by atoms with van der Waals surface area (Å²) < 4.78 is 0. The van der Waals surface area contributed by atoms with E-state index in [1.165, 1.54) is 19.3 Å². The minimum Gasteiger partial charge on any atom is -0.481 e. The Bertz CT molecular complexity index is 359. The summed E-state index contributed by atoms with van der Waals surface area (Å²) in [6.45, 7) is 4.19. The van der Waals surface area contributed by atoms with Crippen molar-refractivity contribution in [3.8, 4) is 0 Å². The van der Waals surface area contributed by atoms with Gasteiger partial charge in [-0.2, -0.15) is 0 Å².